The number of aromatic carboxylic acids is 1. The van der Waals surface area contributed by atoms with Crippen molar-refractivity contribution in [1.82, 2.24) is 9.61 Å². The van der Waals surface area contributed by atoms with Gasteiger partial charge in [-0.05, 0) is 45.3 Å². The summed E-state index contributed by atoms with van der Waals surface area (Å²) >= 11 is 0. The largest absolute Gasteiger partial charge is 0.494 e. The van der Waals surface area contributed by atoms with Crippen molar-refractivity contribution in [2.45, 2.75) is 38.9 Å². The molecule has 1 aliphatic rings. The van der Waals surface area contributed by atoms with E-state index < -0.39 is 24.3 Å². The Morgan fingerprint density at radius 3 is 2.48 bits per heavy atom. The van der Waals surface area contributed by atoms with Gasteiger partial charge in [0.1, 0.15) is 5.56 Å². The first kappa shape index (κ1) is 14.1. The summed E-state index contributed by atoms with van der Waals surface area (Å²) in [4.78, 5) is 11.2. The van der Waals surface area contributed by atoms with Gasteiger partial charge >= 0.3 is 13.1 Å². The lowest BCUT2D eigenvalue weighted by atomic mass is 9.79. The van der Waals surface area contributed by atoms with Crippen LogP contribution >= 0.6 is 0 Å². The van der Waals surface area contributed by atoms with Gasteiger partial charge in [-0.25, -0.2) is 9.31 Å². The zero-order valence-electron chi connectivity index (χ0n) is 12.5. The summed E-state index contributed by atoms with van der Waals surface area (Å²) in [6.07, 6.45) is 3.05. The topological polar surface area (TPSA) is 73.1 Å². The third kappa shape index (κ3) is 2.13. The third-order valence-corrected chi connectivity index (χ3v) is 4.30. The second-order valence-corrected chi connectivity index (χ2v) is 6.24. The highest BCUT2D eigenvalue weighted by molar-refractivity contribution is 6.62. The summed E-state index contributed by atoms with van der Waals surface area (Å²) in [7, 11) is -0.517. The molecule has 1 saturated heterocycles. The summed E-state index contributed by atoms with van der Waals surface area (Å²) < 4.78 is 13.5. The van der Waals surface area contributed by atoms with E-state index in [1.807, 2.05) is 33.8 Å². The summed E-state index contributed by atoms with van der Waals surface area (Å²) in [6, 6.07) is 3.58. The monoisotopic (exact) mass is 288 g/mol. The molecule has 7 heteroatoms. The summed E-state index contributed by atoms with van der Waals surface area (Å²) in [6.45, 7) is 7.92. The van der Waals surface area contributed by atoms with Crippen LogP contribution in [-0.2, 0) is 9.31 Å². The molecule has 6 nitrogen and oxygen atoms in total. The fourth-order valence-corrected chi connectivity index (χ4v) is 2.29. The number of carboxylic acid groups (broad SMARTS) is 1. The Bertz CT molecular complexity index is 707. The maximum Gasteiger partial charge on any atom is 0.494 e. The van der Waals surface area contributed by atoms with E-state index in [0.717, 1.165) is 5.46 Å². The number of pyridine rings is 1. The zero-order chi connectivity index (χ0) is 15.4. The second-order valence-electron chi connectivity index (χ2n) is 6.24. The SMILES string of the molecule is CC1(C)OB(c2ccn3ncc(C(=O)O)c3c2)OC1(C)C. The van der Waals surface area contributed by atoms with Crippen LogP contribution in [0.5, 0.6) is 0 Å². The standard InChI is InChI=1S/C14H17BN2O4/c1-13(2)14(3,4)21-15(20-13)9-5-6-17-11(7-9)10(8-16-17)12(18)19/h5-8H,1-4H3,(H,18,19). The molecule has 3 rings (SSSR count). The van der Waals surface area contributed by atoms with Crippen LogP contribution in [0.15, 0.2) is 24.5 Å². The van der Waals surface area contributed by atoms with E-state index in [-0.39, 0.29) is 5.56 Å². The van der Waals surface area contributed by atoms with E-state index in [0.29, 0.717) is 5.52 Å². The van der Waals surface area contributed by atoms with Crippen LogP contribution < -0.4 is 5.46 Å². The fourth-order valence-electron chi connectivity index (χ4n) is 2.29. The van der Waals surface area contributed by atoms with E-state index in [4.69, 9.17) is 9.31 Å². The van der Waals surface area contributed by atoms with Gasteiger partial charge in [-0.1, -0.05) is 0 Å². The highest BCUT2D eigenvalue weighted by atomic mass is 16.7. The van der Waals surface area contributed by atoms with E-state index >= 15 is 0 Å². The van der Waals surface area contributed by atoms with Crippen molar-refractivity contribution in [3.05, 3.63) is 30.1 Å². The minimum atomic E-state index is -1.00. The molecule has 21 heavy (non-hydrogen) atoms. The predicted octanol–water partition coefficient (Wildman–Crippen LogP) is 1.33. The van der Waals surface area contributed by atoms with Gasteiger partial charge in [-0.15, -0.1) is 0 Å². The highest BCUT2D eigenvalue weighted by Gasteiger charge is 2.51. The van der Waals surface area contributed by atoms with Crippen molar-refractivity contribution in [1.29, 1.82) is 0 Å². The molecule has 0 aromatic carbocycles. The molecule has 3 heterocycles. The summed E-state index contributed by atoms with van der Waals surface area (Å²) in [5.74, 6) is -1.00. The molecule has 0 spiro atoms. The van der Waals surface area contributed by atoms with Crippen molar-refractivity contribution < 1.29 is 19.2 Å². The van der Waals surface area contributed by atoms with Crippen LogP contribution in [0.1, 0.15) is 38.1 Å². The molecule has 1 N–H and O–H groups in total. The number of nitrogens with zero attached hydrogens (tertiary/aromatic N) is 2. The van der Waals surface area contributed by atoms with Crippen LogP contribution in [0.25, 0.3) is 5.52 Å². The predicted molar refractivity (Wildman–Crippen MR) is 77.9 cm³/mol. The smallest absolute Gasteiger partial charge is 0.478 e. The van der Waals surface area contributed by atoms with Crippen LogP contribution in [0.4, 0.5) is 0 Å². The van der Waals surface area contributed by atoms with Crippen molar-refractivity contribution >= 4 is 24.1 Å². The Labute approximate surface area is 122 Å². The molecule has 0 radical (unpaired) electrons. The van der Waals surface area contributed by atoms with Gasteiger partial charge in [0.25, 0.3) is 0 Å². The van der Waals surface area contributed by atoms with E-state index in [1.54, 1.807) is 12.3 Å². The molecule has 0 atom stereocenters. The van der Waals surface area contributed by atoms with Crippen LogP contribution in [-0.4, -0.2) is 39.0 Å². The first-order valence-corrected chi connectivity index (χ1v) is 6.77. The number of carboxylic acids is 1. The molecule has 2 aromatic rings. The first-order valence-electron chi connectivity index (χ1n) is 6.77. The van der Waals surface area contributed by atoms with Gasteiger partial charge in [0, 0.05) is 6.20 Å². The van der Waals surface area contributed by atoms with Gasteiger partial charge in [0.15, 0.2) is 0 Å². The van der Waals surface area contributed by atoms with E-state index in [9.17, 15) is 9.90 Å². The molecule has 0 aliphatic carbocycles. The highest BCUT2D eigenvalue weighted by Crippen LogP contribution is 2.36. The average Bonchev–Trinajstić information content (AvgIpc) is 2.87. The van der Waals surface area contributed by atoms with Crippen molar-refractivity contribution in [3.8, 4) is 0 Å². The Balaban J connectivity index is 2.03. The minimum absolute atomic E-state index is 0.161. The minimum Gasteiger partial charge on any atom is -0.478 e. The van der Waals surface area contributed by atoms with Crippen molar-refractivity contribution in [2.75, 3.05) is 0 Å². The molecule has 110 valence electrons. The summed E-state index contributed by atoms with van der Waals surface area (Å²) in [5, 5.41) is 13.2. The molecule has 0 unspecified atom stereocenters. The zero-order valence-corrected chi connectivity index (χ0v) is 12.5. The molecular formula is C14H17BN2O4. The van der Waals surface area contributed by atoms with Crippen molar-refractivity contribution in [2.24, 2.45) is 0 Å². The maximum atomic E-state index is 11.2. The number of aromatic nitrogens is 2. The number of carbonyl (C=O) groups is 1. The van der Waals surface area contributed by atoms with Crippen LogP contribution in [0.3, 0.4) is 0 Å². The van der Waals surface area contributed by atoms with Crippen LogP contribution in [0.2, 0.25) is 0 Å². The van der Waals surface area contributed by atoms with Gasteiger partial charge in [-0.2, -0.15) is 5.10 Å². The number of fused-ring (bicyclic) bond motifs is 1. The lowest BCUT2D eigenvalue weighted by Gasteiger charge is -2.32. The fraction of sp³-hybridized carbons (Fsp3) is 0.429. The number of hydrogen-bond acceptors (Lipinski definition) is 4. The molecule has 2 aromatic heterocycles. The Hall–Kier alpha value is -1.86. The Kier molecular flexibility index (Phi) is 2.90. The average molecular weight is 288 g/mol. The van der Waals surface area contributed by atoms with Gasteiger partial charge < -0.3 is 14.4 Å². The molecule has 0 bridgehead atoms. The Morgan fingerprint density at radius 2 is 1.90 bits per heavy atom. The molecule has 1 fully saturated rings. The van der Waals surface area contributed by atoms with E-state index in [2.05, 4.69) is 5.10 Å². The molecule has 1 aliphatic heterocycles. The normalized spacial score (nSPS) is 20.1. The second kappa shape index (κ2) is 4.32. The van der Waals surface area contributed by atoms with Gasteiger partial charge in [0.2, 0.25) is 0 Å². The quantitative estimate of drug-likeness (QED) is 0.844. The number of hydrogen-bond donors (Lipinski definition) is 1. The van der Waals surface area contributed by atoms with Crippen LogP contribution in [0, 0.1) is 0 Å². The molecular weight excluding hydrogens is 271 g/mol. The third-order valence-electron chi connectivity index (χ3n) is 4.30. The summed E-state index contributed by atoms with van der Waals surface area (Å²) in [5.41, 5.74) is 0.603. The molecule has 0 saturated carbocycles. The van der Waals surface area contributed by atoms with E-state index in [1.165, 1.54) is 10.7 Å². The first-order chi connectivity index (χ1) is 9.71. The lowest BCUT2D eigenvalue weighted by molar-refractivity contribution is 0.00578. The number of rotatable bonds is 2. The van der Waals surface area contributed by atoms with Gasteiger partial charge in [0.05, 0.1) is 22.9 Å². The Morgan fingerprint density at radius 1 is 1.29 bits per heavy atom. The molecule has 0 amide bonds. The van der Waals surface area contributed by atoms with Crippen molar-refractivity contribution in [3.63, 3.8) is 0 Å². The van der Waals surface area contributed by atoms with Gasteiger partial charge in [-0.3, -0.25) is 0 Å². The lowest BCUT2D eigenvalue weighted by Crippen LogP contribution is -2.41. The maximum absolute atomic E-state index is 11.2.